The summed E-state index contributed by atoms with van der Waals surface area (Å²) in [5.41, 5.74) is -0.375. The molecular weight excluding hydrogens is 652 g/mol. The third-order valence-corrected chi connectivity index (χ3v) is 7.57. The topological polar surface area (TPSA) is 138 Å². The number of rotatable bonds is 6. The number of hydrogen-bond acceptors (Lipinski definition) is 10. The van der Waals surface area contributed by atoms with Crippen molar-refractivity contribution in [3.8, 4) is 17.1 Å². The molecule has 1 fully saturated rings. The maximum absolute atomic E-state index is 13.7. The van der Waals surface area contributed by atoms with Gasteiger partial charge in [0, 0.05) is 36.2 Å². The third-order valence-electron chi connectivity index (χ3n) is 7.57. The van der Waals surface area contributed by atoms with Crippen LogP contribution in [0.1, 0.15) is 75.2 Å². The molecule has 272 valence electrons. The molecule has 51 heavy (non-hydrogen) atoms. The molecule has 13 heteroatoms. The molecule has 1 aliphatic heterocycles. The molecule has 0 bridgehead atoms. The number of anilines is 2. The molecule has 5 rings (SSSR count). The minimum atomic E-state index is -0.787. The Balaban J connectivity index is 1.38. The molecule has 13 nitrogen and oxygen atoms in total. The average molecular weight is 701 g/mol. The largest absolute Gasteiger partial charge is 0.493 e. The molecule has 0 aliphatic carbocycles. The number of benzene rings is 2. The van der Waals surface area contributed by atoms with E-state index in [9.17, 15) is 14.4 Å². The summed E-state index contributed by atoms with van der Waals surface area (Å²) in [5, 5.41) is 4.84. The van der Waals surface area contributed by atoms with Crippen molar-refractivity contribution >= 4 is 40.7 Å². The van der Waals surface area contributed by atoms with Crippen LogP contribution >= 0.6 is 0 Å². The molecule has 1 atom stereocenters. The summed E-state index contributed by atoms with van der Waals surface area (Å²) >= 11 is 0. The number of fused-ring (bicyclic) bond motifs is 1. The summed E-state index contributed by atoms with van der Waals surface area (Å²) in [6.07, 6.45) is 3.38. The van der Waals surface area contributed by atoms with Gasteiger partial charge in [0.05, 0.1) is 24.0 Å². The number of ether oxygens (including phenoxy) is 4. The van der Waals surface area contributed by atoms with Gasteiger partial charge in [0.15, 0.2) is 5.82 Å². The first-order chi connectivity index (χ1) is 23.8. The fourth-order valence-electron chi connectivity index (χ4n) is 5.49. The predicted molar refractivity (Wildman–Crippen MR) is 193 cm³/mol. The predicted octanol–water partition coefficient (Wildman–Crippen LogP) is 8.38. The van der Waals surface area contributed by atoms with Gasteiger partial charge in [0.25, 0.3) is 0 Å². The zero-order valence-corrected chi connectivity index (χ0v) is 30.9. The Morgan fingerprint density at radius 2 is 1.57 bits per heavy atom. The number of likely N-dealkylation sites (tertiary alicyclic amines) is 1. The van der Waals surface area contributed by atoms with Crippen molar-refractivity contribution in [3.05, 3.63) is 60.9 Å². The van der Waals surface area contributed by atoms with E-state index in [1.165, 1.54) is 15.8 Å². The van der Waals surface area contributed by atoms with E-state index in [2.05, 4.69) is 10.1 Å². The lowest BCUT2D eigenvalue weighted by atomic mass is 9.99. The van der Waals surface area contributed by atoms with Crippen LogP contribution in [0.25, 0.3) is 22.3 Å². The van der Waals surface area contributed by atoms with Gasteiger partial charge in [-0.1, -0.05) is 12.1 Å². The molecule has 2 aromatic carbocycles. The number of hydrogen-bond donors (Lipinski definition) is 0. The van der Waals surface area contributed by atoms with Crippen molar-refractivity contribution in [1.82, 2.24) is 24.6 Å². The highest BCUT2D eigenvalue weighted by Gasteiger charge is 2.29. The van der Waals surface area contributed by atoms with Gasteiger partial charge in [0.1, 0.15) is 28.4 Å². The van der Waals surface area contributed by atoms with Crippen molar-refractivity contribution in [3.63, 3.8) is 0 Å². The monoisotopic (exact) mass is 700 g/mol. The standard InChI is InChI=1S/C38H48N6O7/c1-36(2,3)49-33(45)42-19-11-12-25(23-42)24-48-29-14-10-13-26(21-29)32-39-18-17-31(41-32)43(34(46)50-37(4,5)6)28-15-16-30-27(20-28)22-40-44(30)35(47)51-38(7,8)9/h10,13-18,20-22,25H,11-12,19,23-24H2,1-9H3. The summed E-state index contributed by atoms with van der Waals surface area (Å²) in [4.78, 5) is 51.5. The van der Waals surface area contributed by atoms with Crippen LogP contribution in [0.15, 0.2) is 60.9 Å². The Morgan fingerprint density at radius 3 is 2.27 bits per heavy atom. The Morgan fingerprint density at radius 1 is 0.863 bits per heavy atom. The highest BCUT2D eigenvalue weighted by atomic mass is 16.6. The smallest absolute Gasteiger partial charge is 0.435 e. The number of amides is 2. The lowest BCUT2D eigenvalue weighted by Crippen LogP contribution is -2.44. The Hall–Kier alpha value is -5.20. The number of carbonyl (C=O) groups excluding carboxylic acids is 3. The van der Waals surface area contributed by atoms with Gasteiger partial charge in [0.2, 0.25) is 0 Å². The first-order valence-corrected chi connectivity index (χ1v) is 17.1. The van der Waals surface area contributed by atoms with Crippen LogP contribution in [0, 0.1) is 5.92 Å². The van der Waals surface area contributed by atoms with Crippen LogP contribution < -0.4 is 9.64 Å². The van der Waals surface area contributed by atoms with E-state index < -0.39 is 29.0 Å². The average Bonchev–Trinajstić information content (AvgIpc) is 3.46. The quantitative estimate of drug-likeness (QED) is 0.180. The Bertz CT molecular complexity index is 1890. The van der Waals surface area contributed by atoms with Crippen molar-refractivity contribution in [2.45, 2.75) is 92.0 Å². The van der Waals surface area contributed by atoms with Crippen molar-refractivity contribution < 1.29 is 33.3 Å². The van der Waals surface area contributed by atoms with Gasteiger partial charge in [-0.25, -0.2) is 29.3 Å². The SMILES string of the molecule is CC(C)(C)OC(=O)N1CCCC(COc2cccc(-c3nccc(N(C(=O)OC(C)(C)C)c4ccc5c(cnn5C(=O)OC(C)(C)C)c4)n3)c2)C1. The van der Waals surface area contributed by atoms with Gasteiger partial charge >= 0.3 is 18.3 Å². The maximum Gasteiger partial charge on any atom is 0.435 e. The van der Waals surface area contributed by atoms with Crippen molar-refractivity contribution in [2.24, 2.45) is 5.92 Å². The van der Waals surface area contributed by atoms with Crippen LogP contribution in [-0.2, 0) is 14.2 Å². The Kier molecular flexibility index (Phi) is 10.6. The van der Waals surface area contributed by atoms with Crippen molar-refractivity contribution in [1.29, 1.82) is 0 Å². The van der Waals surface area contributed by atoms with Gasteiger partial charge in [-0.2, -0.15) is 9.78 Å². The van der Waals surface area contributed by atoms with Crippen LogP contribution in [0.2, 0.25) is 0 Å². The highest BCUT2D eigenvalue weighted by molar-refractivity contribution is 5.98. The lowest BCUT2D eigenvalue weighted by Gasteiger charge is -2.34. The molecule has 3 heterocycles. The molecule has 4 aromatic rings. The van der Waals surface area contributed by atoms with Gasteiger partial charge in [-0.15, -0.1) is 0 Å². The number of nitrogens with zero attached hydrogens (tertiary/aromatic N) is 6. The number of piperidine rings is 1. The zero-order chi connectivity index (χ0) is 37.1. The molecule has 1 saturated heterocycles. The van der Waals surface area contributed by atoms with Crippen LogP contribution in [0.5, 0.6) is 5.75 Å². The van der Waals surface area contributed by atoms with E-state index in [0.717, 1.165) is 12.8 Å². The molecule has 1 aliphatic rings. The summed E-state index contributed by atoms with van der Waals surface area (Å²) < 4.78 is 24.3. The van der Waals surface area contributed by atoms with E-state index >= 15 is 0 Å². The minimum absolute atomic E-state index is 0.158. The van der Waals surface area contributed by atoms with Crippen LogP contribution in [-0.4, -0.2) is 79.4 Å². The summed E-state index contributed by atoms with van der Waals surface area (Å²) in [6.45, 7) is 18.0. The number of aromatic nitrogens is 4. The maximum atomic E-state index is 13.7. The molecule has 0 saturated carbocycles. The van der Waals surface area contributed by atoms with Crippen LogP contribution in [0.4, 0.5) is 25.9 Å². The molecular formula is C38H48N6O7. The van der Waals surface area contributed by atoms with Crippen molar-refractivity contribution in [2.75, 3.05) is 24.6 Å². The van der Waals surface area contributed by atoms with Gasteiger partial charge in [-0.05, 0) is 112 Å². The minimum Gasteiger partial charge on any atom is -0.493 e. The Labute approximate surface area is 298 Å². The van der Waals surface area contributed by atoms with E-state index in [4.69, 9.17) is 23.9 Å². The van der Waals surface area contributed by atoms with Gasteiger partial charge in [-0.3, -0.25) is 0 Å². The fourth-order valence-corrected chi connectivity index (χ4v) is 5.49. The van der Waals surface area contributed by atoms with E-state index in [0.29, 0.717) is 53.4 Å². The second-order valence-corrected chi connectivity index (χ2v) is 15.6. The molecule has 0 spiro atoms. The van der Waals surface area contributed by atoms with E-state index in [1.54, 1.807) is 76.9 Å². The second-order valence-electron chi connectivity index (χ2n) is 15.6. The summed E-state index contributed by atoms with van der Waals surface area (Å²) in [5.74, 6) is 1.45. The first kappa shape index (κ1) is 37.1. The molecule has 2 aromatic heterocycles. The van der Waals surface area contributed by atoms with Crippen LogP contribution in [0.3, 0.4) is 0 Å². The number of carbonyl (C=O) groups is 3. The lowest BCUT2D eigenvalue weighted by molar-refractivity contribution is 0.0139. The van der Waals surface area contributed by atoms with E-state index in [-0.39, 0.29) is 17.8 Å². The zero-order valence-electron chi connectivity index (χ0n) is 30.9. The summed E-state index contributed by atoms with van der Waals surface area (Å²) in [7, 11) is 0. The summed E-state index contributed by atoms with van der Waals surface area (Å²) in [6, 6.07) is 14.2. The molecule has 0 N–H and O–H groups in total. The molecule has 2 amide bonds. The molecule has 1 unspecified atom stereocenters. The van der Waals surface area contributed by atoms with Gasteiger partial charge < -0.3 is 23.8 Å². The fraction of sp³-hybridized carbons (Fsp3) is 0.474. The molecule has 0 radical (unpaired) electrons. The second kappa shape index (κ2) is 14.6. The van der Waals surface area contributed by atoms with E-state index in [1.807, 2.05) is 45.0 Å². The first-order valence-electron chi connectivity index (χ1n) is 17.1. The normalized spacial score (nSPS) is 15.3. The highest BCUT2D eigenvalue weighted by Crippen LogP contribution is 2.32. The third kappa shape index (κ3) is 9.95.